The molecule has 3 N–H and O–H groups in total. The van der Waals surface area contributed by atoms with Crippen LogP contribution in [0.5, 0.6) is 0 Å². The van der Waals surface area contributed by atoms with Gasteiger partial charge in [0.15, 0.2) is 0 Å². The molecule has 19 heavy (non-hydrogen) atoms. The molecule has 9 heteroatoms. The summed E-state index contributed by atoms with van der Waals surface area (Å²) in [5, 5.41) is 0. The second kappa shape index (κ2) is 9.46. The molecule has 0 aromatic carbocycles. The Morgan fingerprint density at radius 3 is 1.32 bits per heavy atom. The van der Waals surface area contributed by atoms with Crippen LogP contribution in [0.1, 0.15) is 13.8 Å². The van der Waals surface area contributed by atoms with Gasteiger partial charge in [-0.05, 0) is 13.8 Å². The number of ether oxygens (including phenoxy) is 2. The van der Waals surface area contributed by atoms with Crippen LogP contribution in [0.15, 0.2) is 24.3 Å². The van der Waals surface area contributed by atoms with Crippen LogP contribution in [0.4, 0.5) is 0 Å². The van der Waals surface area contributed by atoms with Gasteiger partial charge < -0.3 is 24.2 Å². The van der Waals surface area contributed by atoms with E-state index in [1.807, 2.05) is 0 Å². The highest BCUT2D eigenvalue weighted by Gasteiger charge is 2.05. The maximum atomic E-state index is 10.8. The predicted molar refractivity (Wildman–Crippen MR) is 65.8 cm³/mol. The molecule has 110 valence electrons. The van der Waals surface area contributed by atoms with Gasteiger partial charge in [0.25, 0.3) is 0 Å². The van der Waals surface area contributed by atoms with Gasteiger partial charge in [0.1, 0.15) is 13.2 Å². The molecule has 0 atom stereocenters. The molecule has 0 rings (SSSR count). The van der Waals surface area contributed by atoms with Gasteiger partial charge in [-0.25, -0.2) is 14.2 Å². The maximum absolute atomic E-state index is 10.8. The fourth-order valence-corrected chi connectivity index (χ4v) is 0.515. The Hall–Kier alpha value is -1.47. The maximum Gasteiger partial charge on any atom is 0.466 e. The number of hydrogen-bond acceptors (Lipinski definition) is 5. The van der Waals surface area contributed by atoms with Gasteiger partial charge in [-0.3, -0.25) is 0 Å². The lowest BCUT2D eigenvalue weighted by atomic mass is 10.4. The van der Waals surface area contributed by atoms with Crippen molar-refractivity contribution in [3.8, 4) is 0 Å². The molecule has 0 amide bonds. The summed E-state index contributed by atoms with van der Waals surface area (Å²) in [6.07, 6.45) is 0. The lowest BCUT2D eigenvalue weighted by Gasteiger charge is -2.05. The lowest BCUT2D eigenvalue weighted by molar-refractivity contribution is -0.147. The molecule has 0 aliphatic carbocycles. The van der Waals surface area contributed by atoms with Crippen LogP contribution in [-0.2, 0) is 23.6 Å². The van der Waals surface area contributed by atoms with E-state index in [4.69, 9.17) is 19.2 Å². The highest BCUT2D eigenvalue weighted by atomic mass is 31.2. The molecule has 0 radical (unpaired) electrons. The Balaban J connectivity index is 0. The minimum atomic E-state index is -4.64. The molecular formula is C10H17O8P. The largest absolute Gasteiger partial charge is 0.466 e. The average Bonchev–Trinajstić information content (AvgIpc) is 2.20. The molecule has 0 aromatic heterocycles. The standard InChI is InChI=1S/C10H14O4.H3O4P/c1-7(2)9(11)13-5-6-14-10(12)8(3)4;1-5(2,3)4/h1,3,5-6H2,2,4H3;(H3,1,2,3,4). The Bertz CT molecular complexity index is 358. The van der Waals surface area contributed by atoms with E-state index in [0.717, 1.165) is 0 Å². The average molecular weight is 296 g/mol. The van der Waals surface area contributed by atoms with E-state index in [2.05, 4.69) is 22.6 Å². The number of hydrogen-bond donors (Lipinski definition) is 3. The molecule has 0 spiro atoms. The van der Waals surface area contributed by atoms with Crippen LogP contribution in [0.25, 0.3) is 0 Å². The molecular weight excluding hydrogens is 279 g/mol. The number of carbonyl (C=O) groups is 2. The summed E-state index contributed by atoms with van der Waals surface area (Å²) in [5.74, 6) is -0.979. The van der Waals surface area contributed by atoms with Gasteiger partial charge in [0.05, 0.1) is 0 Å². The third-order valence-corrected chi connectivity index (χ3v) is 1.25. The van der Waals surface area contributed by atoms with Crippen molar-refractivity contribution in [2.45, 2.75) is 13.8 Å². The summed E-state index contributed by atoms with van der Waals surface area (Å²) in [7, 11) is -4.64. The fraction of sp³-hybridized carbons (Fsp3) is 0.400. The molecule has 0 saturated carbocycles. The Kier molecular flexibility index (Phi) is 9.89. The molecule has 0 bridgehead atoms. The minimum absolute atomic E-state index is 0.0325. The van der Waals surface area contributed by atoms with E-state index in [-0.39, 0.29) is 13.2 Å². The van der Waals surface area contributed by atoms with Crippen LogP contribution in [0, 0.1) is 0 Å². The van der Waals surface area contributed by atoms with Crippen molar-refractivity contribution in [1.29, 1.82) is 0 Å². The number of esters is 2. The third-order valence-electron chi connectivity index (χ3n) is 1.25. The highest BCUT2D eigenvalue weighted by Crippen LogP contribution is 2.25. The minimum Gasteiger partial charge on any atom is -0.459 e. The zero-order valence-corrected chi connectivity index (χ0v) is 11.6. The monoisotopic (exact) mass is 296 g/mol. The van der Waals surface area contributed by atoms with Gasteiger partial charge in [-0.15, -0.1) is 0 Å². The van der Waals surface area contributed by atoms with E-state index in [9.17, 15) is 9.59 Å². The van der Waals surface area contributed by atoms with Gasteiger partial charge in [-0.2, -0.15) is 0 Å². The summed E-state index contributed by atoms with van der Waals surface area (Å²) >= 11 is 0. The molecule has 0 unspecified atom stereocenters. The Morgan fingerprint density at radius 2 is 1.16 bits per heavy atom. The topological polar surface area (TPSA) is 130 Å². The SMILES string of the molecule is C=C(C)C(=O)OCCOC(=O)C(=C)C.O=P(O)(O)O. The van der Waals surface area contributed by atoms with Crippen LogP contribution < -0.4 is 0 Å². The molecule has 0 aromatic rings. The summed E-state index contributed by atoms with van der Waals surface area (Å²) in [6.45, 7) is 9.95. The zero-order valence-electron chi connectivity index (χ0n) is 10.7. The third kappa shape index (κ3) is 19.1. The van der Waals surface area contributed by atoms with Gasteiger partial charge >= 0.3 is 19.8 Å². The van der Waals surface area contributed by atoms with Crippen molar-refractivity contribution in [3.63, 3.8) is 0 Å². The van der Waals surface area contributed by atoms with E-state index in [0.29, 0.717) is 11.1 Å². The van der Waals surface area contributed by atoms with Crippen LogP contribution in [0.3, 0.4) is 0 Å². The van der Waals surface area contributed by atoms with E-state index in [1.54, 1.807) is 13.8 Å². The number of phosphoric acid groups is 1. The molecule has 0 fully saturated rings. The lowest BCUT2D eigenvalue weighted by Crippen LogP contribution is -2.14. The fourth-order valence-electron chi connectivity index (χ4n) is 0.515. The number of carbonyl (C=O) groups excluding carboxylic acids is 2. The van der Waals surface area contributed by atoms with E-state index < -0.39 is 19.8 Å². The molecule has 0 saturated heterocycles. The quantitative estimate of drug-likeness (QED) is 0.286. The second-order valence-electron chi connectivity index (χ2n) is 3.35. The zero-order chi connectivity index (χ0) is 15.6. The summed E-state index contributed by atoms with van der Waals surface area (Å²) in [4.78, 5) is 43.2. The van der Waals surface area contributed by atoms with Crippen LogP contribution in [0.2, 0.25) is 0 Å². The second-order valence-corrected chi connectivity index (χ2v) is 4.37. The van der Waals surface area contributed by atoms with Crippen molar-refractivity contribution in [2.24, 2.45) is 0 Å². The first kappa shape index (κ1) is 19.9. The van der Waals surface area contributed by atoms with Crippen LogP contribution >= 0.6 is 7.82 Å². The summed E-state index contributed by atoms with van der Waals surface area (Å²) in [5.41, 5.74) is 0.632. The van der Waals surface area contributed by atoms with Crippen LogP contribution in [-0.4, -0.2) is 39.8 Å². The van der Waals surface area contributed by atoms with E-state index >= 15 is 0 Å². The van der Waals surface area contributed by atoms with Gasteiger partial charge in [-0.1, -0.05) is 13.2 Å². The highest BCUT2D eigenvalue weighted by molar-refractivity contribution is 7.45. The van der Waals surface area contributed by atoms with Crippen molar-refractivity contribution in [2.75, 3.05) is 13.2 Å². The van der Waals surface area contributed by atoms with Crippen molar-refractivity contribution in [1.82, 2.24) is 0 Å². The molecule has 0 aliphatic rings. The van der Waals surface area contributed by atoms with Crippen molar-refractivity contribution < 1.29 is 38.3 Å². The molecule has 8 nitrogen and oxygen atoms in total. The first-order chi connectivity index (χ1) is 8.45. The Labute approximate surface area is 110 Å². The van der Waals surface area contributed by atoms with Gasteiger partial charge in [0.2, 0.25) is 0 Å². The predicted octanol–water partition coefficient (Wildman–Crippen LogP) is 0.296. The van der Waals surface area contributed by atoms with Crippen molar-refractivity contribution >= 4 is 19.8 Å². The molecule has 0 aliphatic heterocycles. The van der Waals surface area contributed by atoms with E-state index in [1.165, 1.54) is 0 Å². The number of rotatable bonds is 5. The Morgan fingerprint density at radius 1 is 0.947 bits per heavy atom. The smallest absolute Gasteiger partial charge is 0.459 e. The normalized spacial score (nSPS) is 9.74. The summed E-state index contributed by atoms with van der Waals surface area (Å²) in [6, 6.07) is 0. The molecule has 0 heterocycles. The van der Waals surface area contributed by atoms with Crippen molar-refractivity contribution in [3.05, 3.63) is 24.3 Å². The first-order valence-corrected chi connectivity index (χ1v) is 6.45. The summed E-state index contributed by atoms with van der Waals surface area (Å²) < 4.78 is 18.3. The van der Waals surface area contributed by atoms with Gasteiger partial charge in [0, 0.05) is 11.1 Å². The first-order valence-electron chi connectivity index (χ1n) is 4.88.